The van der Waals surface area contributed by atoms with Crippen molar-refractivity contribution in [2.24, 2.45) is 0 Å². The number of anilines is 1. The summed E-state index contributed by atoms with van der Waals surface area (Å²) in [6, 6.07) is 19.3. The van der Waals surface area contributed by atoms with E-state index in [2.05, 4.69) is 10.00 Å². The number of carbonyl (C=O) groups excluding carboxylic acids is 1. The summed E-state index contributed by atoms with van der Waals surface area (Å²) in [5.74, 6) is 0.773. The van der Waals surface area contributed by atoms with Crippen molar-refractivity contribution in [1.29, 1.82) is 0 Å². The zero-order valence-corrected chi connectivity index (χ0v) is 18.6. The number of rotatable bonds is 4. The summed E-state index contributed by atoms with van der Waals surface area (Å²) >= 11 is 1.41. The standard InChI is InChI=1S/C24H23N5O2S/c1-17-7-5-6-10-19(17)23-26-29-22(31)16-20(25-24(29)32-23)27-11-13-28(14-12-27)21(30)15-18-8-3-2-4-9-18/h2-10,16H,11-15H2,1H3. The van der Waals surface area contributed by atoms with Crippen molar-refractivity contribution in [3.63, 3.8) is 0 Å². The van der Waals surface area contributed by atoms with E-state index in [-0.39, 0.29) is 11.5 Å². The zero-order valence-electron chi connectivity index (χ0n) is 17.8. The van der Waals surface area contributed by atoms with Gasteiger partial charge in [0.2, 0.25) is 10.9 Å². The molecular formula is C24H23N5O2S. The van der Waals surface area contributed by atoms with E-state index in [0.29, 0.717) is 43.4 Å². The van der Waals surface area contributed by atoms with Gasteiger partial charge in [-0.3, -0.25) is 9.59 Å². The second-order valence-electron chi connectivity index (χ2n) is 7.90. The van der Waals surface area contributed by atoms with Gasteiger partial charge in [0.05, 0.1) is 6.42 Å². The van der Waals surface area contributed by atoms with Crippen LogP contribution in [0, 0.1) is 6.92 Å². The molecule has 3 heterocycles. The highest BCUT2D eigenvalue weighted by Gasteiger charge is 2.23. The summed E-state index contributed by atoms with van der Waals surface area (Å²) in [4.78, 5) is 34.6. The molecule has 0 radical (unpaired) electrons. The van der Waals surface area contributed by atoms with Gasteiger partial charge in [-0.05, 0) is 18.1 Å². The predicted octanol–water partition coefficient (Wildman–Crippen LogP) is 3.02. The first kappa shape index (κ1) is 20.4. The van der Waals surface area contributed by atoms with Crippen LogP contribution in [0.25, 0.3) is 15.5 Å². The fourth-order valence-electron chi connectivity index (χ4n) is 3.95. The maximum absolute atomic E-state index is 12.7. The first-order chi connectivity index (χ1) is 15.6. The third-order valence-electron chi connectivity index (χ3n) is 5.76. The predicted molar refractivity (Wildman–Crippen MR) is 126 cm³/mol. The number of carbonyl (C=O) groups is 1. The number of benzene rings is 2. The quantitative estimate of drug-likeness (QED) is 0.483. The minimum Gasteiger partial charge on any atom is -0.353 e. The molecule has 1 saturated heterocycles. The molecule has 5 rings (SSSR count). The zero-order chi connectivity index (χ0) is 22.1. The second kappa shape index (κ2) is 8.55. The van der Waals surface area contributed by atoms with E-state index in [1.807, 2.05) is 66.4 Å². The van der Waals surface area contributed by atoms with Crippen molar-refractivity contribution in [3.05, 3.63) is 82.1 Å². The van der Waals surface area contributed by atoms with Crippen molar-refractivity contribution < 1.29 is 4.79 Å². The molecule has 1 fully saturated rings. The number of amides is 1. The number of aryl methyl sites for hydroxylation is 1. The molecule has 2 aromatic carbocycles. The van der Waals surface area contributed by atoms with Crippen LogP contribution in [0.2, 0.25) is 0 Å². The molecule has 1 aliphatic heterocycles. The van der Waals surface area contributed by atoms with E-state index in [1.54, 1.807) is 0 Å². The number of aromatic nitrogens is 3. The van der Waals surface area contributed by atoms with Crippen LogP contribution in [0.5, 0.6) is 0 Å². The fourth-order valence-corrected chi connectivity index (χ4v) is 4.94. The van der Waals surface area contributed by atoms with E-state index in [4.69, 9.17) is 4.98 Å². The van der Waals surface area contributed by atoms with E-state index < -0.39 is 0 Å². The Morgan fingerprint density at radius 2 is 1.72 bits per heavy atom. The Balaban J connectivity index is 1.32. The highest BCUT2D eigenvalue weighted by Crippen LogP contribution is 2.27. The van der Waals surface area contributed by atoms with Crippen molar-refractivity contribution in [2.45, 2.75) is 13.3 Å². The smallest absolute Gasteiger partial charge is 0.277 e. The van der Waals surface area contributed by atoms with Crippen LogP contribution in [-0.2, 0) is 11.2 Å². The highest BCUT2D eigenvalue weighted by atomic mass is 32.1. The minimum atomic E-state index is -0.191. The average Bonchev–Trinajstić information content (AvgIpc) is 3.25. The number of nitrogens with zero attached hydrogens (tertiary/aromatic N) is 5. The summed E-state index contributed by atoms with van der Waals surface area (Å²) in [7, 11) is 0. The van der Waals surface area contributed by atoms with Gasteiger partial charge >= 0.3 is 0 Å². The van der Waals surface area contributed by atoms with Gasteiger partial charge in [-0.25, -0.2) is 4.98 Å². The summed E-state index contributed by atoms with van der Waals surface area (Å²) < 4.78 is 1.37. The summed E-state index contributed by atoms with van der Waals surface area (Å²) in [6.07, 6.45) is 0.412. The summed E-state index contributed by atoms with van der Waals surface area (Å²) in [5, 5.41) is 5.27. The molecule has 0 saturated carbocycles. The number of hydrogen-bond donors (Lipinski definition) is 0. The number of fused-ring (bicyclic) bond motifs is 1. The normalized spacial score (nSPS) is 14.2. The van der Waals surface area contributed by atoms with Crippen molar-refractivity contribution in [3.8, 4) is 10.6 Å². The molecule has 0 N–H and O–H groups in total. The lowest BCUT2D eigenvalue weighted by Crippen LogP contribution is -2.49. The van der Waals surface area contributed by atoms with Crippen LogP contribution >= 0.6 is 11.3 Å². The molecule has 0 spiro atoms. The van der Waals surface area contributed by atoms with Crippen molar-refractivity contribution in [1.82, 2.24) is 19.5 Å². The van der Waals surface area contributed by atoms with Gasteiger partial charge in [-0.2, -0.15) is 9.61 Å². The van der Waals surface area contributed by atoms with Crippen LogP contribution in [0.1, 0.15) is 11.1 Å². The fraction of sp³-hybridized carbons (Fsp3) is 0.250. The largest absolute Gasteiger partial charge is 0.353 e. The van der Waals surface area contributed by atoms with Crippen LogP contribution in [0.3, 0.4) is 0 Å². The molecule has 162 valence electrons. The Bertz CT molecular complexity index is 1320. The van der Waals surface area contributed by atoms with Gasteiger partial charge in [0.15, 0.2) is 0 Å². The van der Waals surface area contributed by atoms with Crippen LogP contribution in [-0.4, -0.2) is 51.6 Å². The Morgan fingerprint density at radius 1 is 1.00 bits per heavy atom. The molecule has 0 unspecified atom stereocenters. The highest BCUT2D eigenvalue weighted by molar-refractivity contribution is 7.19. The lowest BCUT2D eigenvalue weighted by molar-refractivity contribution is -0.130. The molecule has 0 atom stereocenters. The molecule has 2 aromatic heterocycles. The minimum absolute atomic E-state index is 0.129. The SMILES string of the molecule is Cc1ccccc1-c1nn2c(=O)cc(N3CCN(C(=O)Cc4ccccc4)CC3)nc2s1. The Hall–Kier alpha value is -3.52. The Kier molecular flexibility index (Phi) is 5.45. The van der Waals surface area contributed by atoms with Gasteiger partial charge in [0.25, 0.3) is 5.56 Å². The van der Waals surface area contributed by atoms with Gasteiger partial charge in [-0.15, -0.1) is 0 Å². The third-order valence-corrected chi connectivity index (χ3v) is 6.70. The van der Waals surface area contributed by atoms with E-state index >= 15 is 0 Å². The summed E-state index contributed by atoms with van der Waals surface area (Å²) in [5.41, 5.74) is 2.95. The maximum atomic E-state index is 12.7. The van der Waals surface area contributed by atoms with E-state index in [1.165, 1.54) is 21.9 Å². The molecule has 4 aromatic rings. The Morgan fingerprint density at radius 3 is 2.47 bits per heavy atom. The van der Waals surface area contributed by atoms with Crippen molar-refractivity contribution >= 4 is 28.0 Å². The van der Waals surface area contributed by atoms with E-state index in [0.717, 1.165) is 21.7 Å². The molecule has 32 heavy (non-hydrogen) atoms. The third kappa shape index (κ3) is 4.01. The molecule has 1 aliphatic rings. The molecule has 7 nitrogen and oxygen atoms in total. The van der Waals surface area contributed by atoms with Gasteiger partial charge in [0, 0.05) is 37.8 Å². The topological polar surface area (TPSA) is 70.8 Å². The number of piperazine rings is 1. The van der Waals surface area contributed by atoms with E-state index in [9.17, 15) is 9.59 Å². The lowest BCUT2D eigenvalue weighted by Gasteiger charge is -2.35. The van der Waals surface area contributed by atoms with Gasteiger partial charge < -0.3 is 9.80 Å². The lowest BCUT2D eigenvalue weighted by atomic mass is 10.1. The second-order valence-corrected chi connectivity index (χ2v) is 8.86. The monoisotopic (exact) mass is 445 g/mol. The molecule has 0 aliphatic carbocycles. The van der Waals surface area contributed by atoms with Crippen LogP contribution in [0.4, 0.5) is 5.82 Å². The maximum Gasteiger partial charge on any atom is 0.277 e. The first-order valence-corrected chi connectivity index (χ1v) is 11.4. The molecule has 0 bridgehead atoms. The van der Waals surface area contributed by atoms with Crippen LogP contribution in [0.15, 0.2) is 65.5 Å². The van der Waals surface area contributed by atoms with Crippen LogP contribution < -0.4 is 10.5 Å². The molecule has 1 amide bonds. The molecular weight excluding hydrogens is 422 g/mol. The number of hydrogen-bond acceptors (Lipinski definition) is 6. The van der Waals surface area contributed by atoms with Crippen molar-refractivity contribution in [2.75, 3.05) is 31.1 Å². The summed E-state index contributed by atoms with van der Waals surface area (Å²) in [6.45, 7) is 4.55. The Labute approximate surface area is 189 Å². The van der Waals surface area contributed by atoms with Gasteiger partial charge in [0.1, 0.15) is 10.8 Å². The first-order valence-electron chi connectivity index (χ1n) is 10.6. The van der Waals surface area contributed by atoms with Gasteiger partial charge in [-0.1, -0.05) is 65.9 Å². The molecule has 8 heteroatoms. The average molecular weight is 446 g/mol.